The Balaban J connectivity index is 1.51. The lowest BCUT2D eigenvalue weighted by Crippen LogP contribution is -2.55. The Bertz CT molecular complexity index is 590. The molecule has 1 aliphatic carbocycles. The second kappa shape index (κ2) is 7.21. The van der Waals surface area contributed by atoms with Gasteiger partial charge in [-0.2, -0.15) is 0 Å². The van der Waals surface area contributed by atoms with E-state index in [1.807, 2.05) is 11.8 Å². The Labute approximate surface area is 142 Å². The monoisotopic (exact) mass is 331 g/mol. The third-order valence-corrected chi connectivity index (χ3v) is 4.79. The van der Waals surface area contributed by atoms with Gasteiger partial charge in [0.1, 0.15) is 5.75 Å². The summed E-state index contributed by atoms with van der Waals surface area (Å²) in [7, 11) is 1.61. The minimum atomic E-state index is -0.135. The van der Waals surface area contributed by atoms with Crippen LogP contribution < -0.4 is 10.1 Å². The summed E-state index contributed by atoms with van der Waals surface area (Å²) in [5.41, 5.74) is 0.670. The molecule has 1 aliphatic heterocycles. The zero-order chi connectivity index (χ0) is 17.1. The molecule has 0 radical (unpaired) electrons. The van der Waals surface area contributed by atoms with E-state index in [4.69, 9.17) is 4.74 Å². The third kappa shape index (κ3) is 3.87. The SMILES string of the molecule is COc1ccc(C(=O)N2CCN(C(C)C(=O)NC3CC3)CC2)cc1. The molecule has 1 saturated heterocycles. The molecule has 1 unspecified atom stereocenters. The van der Waals surface area contributed by atoms with Crippen molar-refractivity contribution < 1.29 is 14.3 Å². The van der Waals surface area contributed by atoms with E-state index in [-0.39, 0.29) is 17.9 Å². The normalized spacial score (nSPS) is 19.7. The maximum Gasteiger partial charge on any atom is 0.253 e. The van der Waals surface area contributed by atoms with Gasteiger partial charge in [0, 0.05) is 37.8 Å². The number of carbonyl (C=O) groups is 2. The second-order valence-electron chi connectivity index (χ2n) is 6.52. The van der Waals surface area contributed by atoms with Crippen LogP contribution in [0.4, 0.5) is 0 Å². The van der Waals surface area contributed by atoms with Gasteiger partial charge in [-0.3, -0.25) is 14.5 Å². The van der Waals surface area contributed by atoms with Crippen molar-refractivity contribution in [3.8, 4) is 5.75 Å². The number of benzene rings is 1. The highest BCUT2D eigenvalue weighted by Gasteiger charge is 2.31. The molecule has 0 spiro atoms. The summed E-state index contributed by atoms with van der Waals surface area (Å²) in [5.74, 6) is 0.881. The summed E-state index contributed by atoms with van der Waals surface area (Å²) in [4.78, 5) is 28.7. The number of amides is 2. The minimum Gasteiger partial charge on any atom is -0.497 e. The van der Waals surface area contributed by atoms with Crippen LogP contribution in [0.5, 0.6) is 5.75 Å². The van der Waals surface area contributed by atoms with Gasteiger partial charge in [0.25, 0.3) is 5.91 Å². The fourth-order valence-corrected chi connectivity index (χ4v) is 2.94. The average Bonchev–Trinajstić information content (AvgIpc) is 3.44. The van der Waals surface area contributed by atoms with Gasteiger partial charge in [-0.05, 0) is 44.0 Å². The molecule has 1 aromatic rings. The van der Waals surface area contributed by atoms with E-state index in [1.165, 1.54) is 0 Å². The van der Waals surface area contributed by atoms with Crippen molar-refractivity contribution in [2.45, 2.75) is 31.8 Å². The largest absolute Gasteiger partial charge is 0.497 e. The highest BCUT2D eigenvalue weighted by molar-refractivity contribution is 5.94. The van der Waals surface area contributed by atoms with E-state index < -0.39 is 0 Å². The molecule has 130 valence electrons. The molecule has 24 heavy (non-hydrogen) atoms. The van der Waals surface area contributed by atoms with E-state index in [2.05, 4.69) is 10.2 Å². The second-order valence-corrected chi connectivity index (χ2v) is 6.52. The van der Waals surface area contributed by atoms with E-state index in [0.29, 0.717) is 24.7 Å². The van der Waals surface area contributed by atoms with E-state index in [0.717, 1.165) is 31.7 Å². The Morgan fingerprint density at radius 1 is 1.12 bits per heavy atom. The van der Waals surface area contributed by atoms with Gasteiger partial charge in [-0.25, -0.2) is 0 Å². The molecule has 2 amide bonds. The molecule has 3 rings (SSSR count). The lowest BCUT2D eigenvalue weighted by atomic mass is 10.1. The summed E-state index contributed by atoms with van der Waals surface area (Å²) in [6.45, 7) is 4.68. The third-order valence-electron chi connectivity index (χ3n) is 4.79. The van der Waals surface area contributed by atoms with Crippen molar-refractivity contribution in [1.82, 2.24) is 15.1 Å². The zero-order valence-electron chi connectivity index (χ0n) is 14.3. The van der Waals surface area contributed by atoms with Crippen molar-refractivity contribution in [3.63, 3.8) is 0 Å². The zero-order valence-corrected chi connectivity index (χ0v) is 14.3. The molecule has 6 nitrogen and oxygen atoms in total. The number of hydrogen-bond acceptors (Lipinski definition) is 4. The number of piperazine rings is 1. The van der Waals surface area contributed by atoms with Crippen LogP contribution >= 0.6 is 0 Å². The molecule has 1 aromatic carbocycles. The van der Waals surface area contributed by atoms with Crippen LogP contribution in [0.1, 0.15) is 30.1 Å². The van der Waals surface area contributed by atoms with Crippen molar-refractivity contribution in [3.05, 3.63) is 29.8 Å². The molecule has 2 aliphatic rings. The van der Waals surface area contributed by atoms with Gasteiger partial charge >= 0.3 is 0 Å². The number of carbonyl (C=O) groups excluding carboxylic acids is 2. The number of hydrogen-bond donors (Lipinski definition) is 1. The van der Waals surface area contributed by atoms with Crippen molar-refractivity contribution in [2.24, 2.45) is 0 Å². The van der Waals surface area contributed by atoms with Gasteiger partial charge in [-0.1, -0.05) is 0 Å². The number of rotatable bonds is 5. The fraction of sp³-hybridized carbons (Fsp3) is 0.556. The first-order chi connectivity index (χ1) is 11.6. The maximum absolute atomic E-state index is 12.6. The summed E-state index contributed by atoms with van der Waals surface area (Å²) in [6, 6.07) is 7.43. The summed E-state index contributed by atoms with van der Waals surface area (Å²) in [6.07, 6.45) is 2.20. The average molecular weight is 331 g/mol. The van der Waals surface area contributed by atoms with Crippen molar-refractivity contribution in [2.75, 3.05) is 33.3 Å². The molecule has 2 fully saturated rings. The number of nitrogens with zero attached hydrogens (tertiary/aromatic N) is 2. The topological polar surface area (TPSA) is 61.9 Å². The Morgan fingerprint density at radius 2 is 1.75 bits per heavy atom. The molecular formula is C18H25N3O3. The lowest BCUT2D eigenvalue weighted by Gasteiger charge is -2.37. The molecule has 1 heterocycles. The molecule has 0 aromatic heterocycles. The first kappa shape index (κ1) is 16.8. The smallest absolute Gasteiger partial charge is 0.253 e. The van der Waals surface area contributed by atoms with Crippen LogP contribution in [0.3, 0.4) is 0 Å². The van der Waals surface area contributed by atoms with Gasteiger partial charge in [0.05, 0.1) is 13.2 Å². The Morgan fingerprint density at radius 3 is 2.29 bits per heavy atom. The van der Waals surface area contributed by atoms with E-state index >= 15 is 0 Å². The lowest BCUT2D eigenvalue weighted by molar-refractivity contribution is -0.126. The molecular weight excluding hydrogens is 306 g/mol. The van der Waals surface area contributed by atoms with Crippen molar-refractivity contribution in [1.29, 1.82) is 0 Å². The van der Waals surface area contributed by atoms with Crippen molar-refractivity contribution >= 4 is 11.8 Å². The maximum atomic E-state index is 12.6. The van der Waals surface area contributed by atoms with Crippen LogP contribution in [0.2, 0.25) is 0 Å². The van der Waals surface area contributed by atoms with Gasteiger partial charge in [0.15, 0.2) is 0 Å². The van der Waals surface area contributed by atoms with Gasteiger partial charge < -0.3 is 15.0 Å². The standard InChI is InChI=1S/C18H25N3O3/c1-13(17(22)19-15-5-6-15)20-9-11-21(12-10-20)18(23)14-3-7-16(24-2)8-4-14/h3-4,7-8,13,15H,5-6,9-12H2,1-2H3,(H,19,22). The summed E-state index contributed by atoms with van der Waals surface area (Å²) in [5, 5.41) is 3.05. The molecule has 1 saturated carbocycles. The highest BCUT2D eigenvalue weighted by atomic mass is 16.5. The van der Waals surface area contributed by atoms with Crippen LogP contribution in [0.25, 0.3) is 0 Å². The van der Waals surface area contributed by atoms with E-state index in [1.54, 1.807) is 31.4 Å². The van der Waals surface area contributed by atoms with Crippen LogP contribution in [0, 0.1) is 0 Å². The first-order valence-electron chi connectivity index (χ1n) is 8.56. The first-order valence-corrected chi connectivity index (χ1v) is 8.56. The Kier molecular flexibility index (Phi) is 5.04. The molecule has 1 N–H and O–H groups in total. The van der Waals surface area contributed by atoms with E-state index in [9.17, 15) is 9.59 Å². The highest BCUT2D eigenvalue weighted by Crippen LogP contribution is 2.19. The molecule has 6 heteroatoms. The molecule has 1 atom stereocenters. The number of methoxy groups -OCH3 is 1. The van der Waals surface area contributed by atoms with Gasteiger partial charge in [-0.15, -0.1) is 0 Å². The minimum absolute atomic E-state index is 0.0346. The fourth-order valence-electron chi connectivity index (χ4n) is 2.94. The predicted octanol–water partition coefficient (Wildman–Crippen LogP) is 1.12. The Hall–Kier alpha value is -2.08. The predicted molar refractivity (Wildman–Crippen MR) is 91.1 cm³/mol. The quantitative estimate of drug-likeness (QED) is 0.878. The van der Waals surface area contributed by atoms with Gasteiger partial charge in [0.2, 0.25) is 5.91 Å². The molecule has 0 bridgehead atoms. The summed E-state index contributed by atoms with van der Waals surface area (Å²) < 4.78 is 5.12. The van der Waals surface area contributed by atoms with Crippen LogP contribution in [-0.2, 0) is 4.79 Å². The van der Waals surface area contributed by atoms with Crippen LogP contribution in [-0.4, -0.2) is 67.0 Å². The summed E-state index contributed by atoms with van der Waals surface area (Å²) >= 11 is 0. The number of ether oxygens (including phenoxy) is 1. The van der Waals surface area contributed by atoms with Crippen LogP contribution in [0.15, 0.2) is 24.3 Å². The number of nitrogens with one attached hydrogen (secondary N) is 1.